The molecule has 130 valence electrons. The van der Waals surface area contributed by atoms with E-state index in [0.717, 1.165) is 38.8 Å². The molecule has 0 unspecified atom stereocenters. The summed E-state index contributed by atoms with van der Waals surface area (Å²) in [5, 5.41) is 2.90. The Morgan fingerprint density at radius 3 is 2.46 bits per heavy atom. The normalized spacial score (nSPS) is 23.8. The molecular weight excluding hydrogens is 300 g/mol. The quantitative estimate of drug-likeness (QED) is 0.873. The average molecular weight is 328 g/mol. The average Bonchev–Trinajstić information content (AvgIpc) is 3.33. The van der Waals surface area contributed by atoms with Gasteiger partial charge in [0.25, 0.3) is 0 Å². The number of hydrogen-bond acceptors (Lipinski definition) is 2. The first-order valence-electron chi connectivity index (χ1n) is 9.23. The highest BCUT2D eigenvalue weighted by Gasteiger charge is 2.38. The maximum atomic E-state index is 12.3. The minimum atomic E-state index is 0.122. The van der Waals surface area contributed by atoms with Crippen molar-refractivity contribution in [3.63, 3.8) is 0 Å². The number of nitrogens with one attached hydrogen (secondary N) is 1. The Balaban J connectivity index is 1.33. The van der Waals surface area contributed by atoms with Crippen LogP contribution in [0.1, 0.15) is 38.2 Å². The van der Waals surface area contributed by atoms with E-state index >= 15 is 0 Å². The molecule has 2 atom stereocenters. The Morgan fingerprint density at radius 2 is 1.83 bits per heavy atom. The molecule has 0 aromatic heterocycles. The molecule has 0 bridgehead atoms. The van der Waals surface area contributed by atoms with Crippen molar-refractivity contribution in [3.8, 4) is 0 Å². The summed E-state index contributed by atoms with van der Waals surface area (Å²) >= 11 is 0. The van der Waals surface area contributed by atoms with Gasteiger partial charge in [0.1, 0.15) is 0 Å². The molecular formula is C20H28N2O2. The van der Waals surface area contributed by atoms with Crippen LogP contribution in [0.3, 0.4) is 0 Å². The second-order valence-electron chi connectivity index (χ2n) is 7.37. The van der Waals surface area contributed by atoms with Gasteiger partial charge in [-0.3, -0.25) is 9.59 Å². The summed E-state index contributed by atoms with van der Waals surface area (Å²) in [6.07, 6.45) is 4.68. The molecule has 1 aromatic carbocycles. The van der Waals surface area contributed by atoms with Crippen molar-refractivity contribution in [2.45, 2.75) is 39.0 Å². The highest BCUT2D eigenvalue weighted by molar-refractivity contribution is 5.82. The highest BCUT2D eigenvalue weighted by Crippen LogP contribution is 2.37. The summed E-state index contributed by atoms with van der Waals surface area (Å²) in [5.41, 5.74) is 1.39. The first-order chi connectivity index (χ1) is 11.6. The molecule has 1 aliphatic heterocycles. The number of carbonyl (C=O) groups is 2. The molecule has 4 heteroatoms. The van der Waals surface area contributed by atoms with Gasteiger partial charge in [0.2, 0.25) is 11.8 Å². The van der Waals surface area contributed by atoms with Gasteiger partial charge in [0.05, 0.1) is 0 Å². The lowest BCUT2D eigenvalue weighted by Gasteiger charge is -2.32. The molecule has 24 heavy (non-hydrogen) atoms. The van der Waals surface area contributed by atoms with Crippen molar-refractivity contribution in [3.05, 3.63) is 35.9 Å². The van der Waals surface area contributed by atoms with E-state index in [4.69, 9.17) is 0 Å². The zero-order valence-corrected chi connectivity index (χ0v) is 14.5. The van der Waals surface area contributed by atoms with Gasteiger partial charge in [-0.05, 0) is 43.1 Å². The van der Waals surface area contributed by atoms with Gasteiger partial charge in [0.15, 0.2) is 0 Å². The van der Waals surface area contributed by atoms with Crippen molar-refractivity contribution in [1.82, 2.24) is 10.2 Å². The molecule has 1 aliphatic carbocycles. The van der Waals surface area contributed by atoms with Gasteiger partial charge in [0, 0.05) is 32.0 Å². The van der Waals surface area contributed by atoms with Gasteiger partial charge in [-0.1, -0.05) is 37.3 Å². The van der Waals surface area contributed by atoms with Crippen LogP contribution in [0.2, 0.25) is 0 Å². The first kappa shape index (κ1) is 17.0. The second-order valence-corrected chi connectivity index (χ2v) is 7.37. The third-order valence-corrected chi connectivity index (χ3v) is 5.42. The third-order valence-electron chi connectivity index (χ3n) is 5.42. The van der Waals surface area contributed by atoms with Crippen LogP contribution in [0.4, 0.5) is 0 Å². The van der Waals surface area contributed by atoms with Crippen LogP contribution in [-0.2, 0) is 16.0 Å². The minimum absolute atomic E-state index is 0.122. The molecule has 2 fully saturated rings. The fourth-order valence-corrected chi connectivity index (χ4v) is 3.60. The van der Waals surface area contributed by atoms with Crippen molar-refractivity contribution >= 4 is 11.8 Å². The molecule has 0 spiro atoms. The van der Waals surface area contributed by atoms with Crippen LogP contribution in [0.25, 0.3) is 0 Å². The largest absolute Gasteiger partial charge is 0.355 e. The molecule has 1 aromatic rings. The second kappa shape index (κ2) is 7.82. The van der Waals surface area contributed by atoms with Crippen LogP contribution in [-0.4, -0.2) is 36.3 Å². The summed E-state index contributed by atoms with van der Waals surface area (Å²) in [6.45, 7) is 4.27. The van der Waals surface area contributed by atoms with Crippen molar-refractivity contribution in [1.29, 1.82) is 0 Å². The molecule has 3 rings (SSSR count). The number of piperidine rings is 1. The van der Waals surface area contributed by atoms with Gasteiger partial charge in [-0.15, -0.1) is 0 Å². The maximum absolute atomic E-state index is 12.3. The van der Waals surface area contributed by atoms with E-state index in [1.807, 2.05) is 11.0 Å². The van der Waals surface area contributed by atoms with E-state index in [9.17, 15) is 9.59 Å². The predicted molar refractivity (Wildman–Crippen MR) is 94.3 cm³/mol. The highest BCUT2D eigenvalue weighted by atomic mass is 16.2. The summed E-state index contributed by atoms with van der Waals surface area (Å²) in [6, 6.07) is 10.6. The van der Waals surface area contributed by atoms with Gasteiger partial charge >= 0.3 is 0 Å². The van der Waals surface area contributed by atoms with Crippen LogP contribution in [0.15, 0.2) is 30.3 Å². The van der Waals surface area contributed by atoms with Gasteiger partial charge in [-0.25, -0.2) is 0 Å². The molecule has 1 saturated carbocycles. The number of nitrogens with zero attached hydrogens (tertiary/aromatic N) is 1. The number of benzene rings is 1. The van der Waals surface area contributed by atoms with E-state index < -0.39 is 0 Å². The van der Waals surface area contributed by atoms with Crippen LogP contribution < -0.4 is 5.32 Å². The number of amides is 2. The molecule has 2 amide bonds. The predicted octanol–water partition coefficient (Wildman–Crippen LogP) is 2.63. The number of likely N-dealkylation sites (tertiary alicyclic amines) is 1. The van der Waals surface area contributed by atoms with E-state index in [1.54, 1.807) is 0 Å². The number of carbonyl (C=O) groups excluding carboxylic acids is 2. The monoisotopic (exact) mass is 328 g/mol. The lowest BCUT2D eigenvalue weighted by atomic mass is 9.90. The van der Waals surface area contributed by atoms with Crippen LogP contribution >= 0.6 is 0 Å². The summed E-state index contributed by atoms with van der Waals surface area (Å²) in [4.78, 5) is 26.0. The fourth-order valence-electron chi connectivity index (χ4n) is 3.60. The lowest BCUT2D eigenvalue weighted by molar-refractivity contribution is -0.132. The zero-order chi connectivity index (χ0) is 16.9. The van der Waals surface area contributed by atoms with Crippen LogP contribution in [0, 0.1) is 17.8 Å². The molecule has 1 saturated heterocycles. The smallest absolute Gasteiger partial charge is 0.224 e. The van der Waals surface area contributed by atoms with Crippen LogP contribution in [0.5, 0.6) is 0 Å². The van der Waals surface area contributed by atoms with Gasteiger partial charge < -0.3 is 10.2 Å². The van der Waals surface area contributed by atoms with Crippen molar-refractivity contribution in [2.24, 2.45) is 17.8 Å². The number of hydrogen-bond donors (Lipinski definition) is 1. The minimum Gasteiger partial charge on any atom is -0.355 e. The molecule has 1 heterocycles. The first-order valence-corrected chi connectivity index (χ1v) is 9.23. The lowest BCUT2D eigenvalue weighted by Crippen LogP contribution is -2.40. The summed E-state index contributed by atoms with van der Waals surface area (Å²) in [7, 11) is 0. The standard InChI is InChI=1S/C20H28N2O2/c1-15-13-18(15)20(24)21-10-7-19(23)22-11-8-17(9-12-22)14-16-5-3-2-4-6-16/h2-6,15,17-18H,7-14H2,1H3,(H,21,24)/t15-,18+/m1/s1. The topological polar surface area (TPSA) is 49.4 Å². The Hall–Kier alpha value is -1.84. The zero-order valence-electron chi connectivity index (χ0n) is 14.5. The summed E-state index contributed by atoms with van der Waals surface area (Å²) in [5.74, 6) is 1.68. The SMILES string of the molecule is C[C@@H]1C[C@@H]1C(=O)NCCC(=O)N1CCC(Cc2ccccc2)CC1. The molecule has 4 nitrogen and oxygen atoms in total. The van der Waals surface area contributed by atoms with E-state index in [-0.39, 0.29) is 17.7 Å². The Kier molecular flexibility index (Phi) is 5.54. The maximum Gasteiger partial charge on any atom is 0.224 e. The molecule has 0 radical (unpaired) electrons. The van der Waals surface area contributed by atoms with E-state index in [2.05, 4.69) is 36.5 Å². The van der Waals surface area contributed by atoms with Crippen molar-refractivity contribution < 1.29 is 9.59 Å². The molecule has 2 aliphatic rings. The Bertz CT molecular complexity index is 564. The van der Waals surface area contributed by atoms with Gasteiger partial charge in [-0.2, -0.15) is 0 Å². The van der Waals surface area contributed by atoms with E-state index in [0.29, 0.717) is 24.8 Å². The fraction of sp³-hybridized carbons (Fsp3) is 0.600. The van der Waals surface area contributed by atoms with Crippen molar-refractivity contribution in [2.75, 3.05) is 19.6 Å². The van der Waals surface area contributed by atoms with E-state index in [1.165, 1.54) is 5.56 Å². The molecule has 1 N–H and O–H groups in total. The number of rotatable bonds is 6. The Morgan fingerprint density at radius 1 is 1.17 bits per heavy atom. The summed E-state index contributed by atoms with van der Waals surface area (Å²) < 4.78 is 0. The Labute approximate surface area is 144 Å². The third kappa shape index (κ3) is 4.59.